The smallest absolute Gasteiger partial charge is 0.242 e. The van der Waals surface area contributed by atoms with Crippen LogP contribution in [0, 0.1) is 13.5 Å². The molecule has 1 aliphatic rings. The van der Waals surface area contributed by atoms with Gasteiger partial charge in [0, 0.05) is 43.5 Å². The lowest BCUT2D eigenvalue weighted by atomic mass is 10.1. The number of carbonyl (C=O) groups is 2. The number of rotatable bonds is 6. The quantitative estimate of drug-likeness (QED) is 0.614. The Balaban J connectivity index is 1.68. The summed E-state index contributed by atoms with van der Waals surface area (Å²) in [5.74, 6) is -0.415. The minimum atomic E-state index is -3.79. The van der Waals surface area contributed by atoms with E-state index in [1.165, 1.54) is 23.4 Å². The SMILES string of the molecule is [C-]#[N+]c1cccc(S(=O)(=O)N2C(C)CN(CC(=O)Nc3cc(NC(C)=O)ccc3C)CC2C)c1. The van der Waals surface area contributed by atoms with Crippen LogP contribution in [0.25, 0.3) is 4.85 Å². The highest BCUT2D eigenvalue weighted by atomic mass is 32.2. The Morgan fingerprint density at radius 1 is 1.09 bits per heavy atom. The van der Waals surface area contributed by atoms with Crippen molar-refractivity contribution in [3.63, 3.8) is 0 Å². The fraction of sp³-hybridized carbons (Fsp3) is 0.375. The van der Waals surface area contributed by atoms with Crippen LogP contribution in [0.3, 0.4) is 0 Å². The first-order valence-corrected chi connectivity index (χ1v) is 12.4. The van der Waals surface area contributed by atoms with Crippen LogP contribution < -0.4 is 10.6 Å². The molecule has 9 nitrogen and oxygen atoms in total. The maximum Gasteiger partial charge on any atom is 0.242 e. The molecule has 2 unspecified atom stereocenters. The van der Waals surface area contributed by atoms with E-state index in [-0.39, 0.29) is 41.0 Å². The number of nitrogens with one attached hydrogen (secondary N) is 2. The summed E-state index contributed by atoms with van der Waals surface area (Å²) in [6.07, 6.45) is 0. The van der Waals surface area contributed by atoms with Gasteiger partial charge < -0.3 is 10.6 Å². The van der Waals surface area contributed by atoms with Gasteiger partial charge in [-0.15, -0.1) is 0 Å². The fourth-order valence-electron chi connectivity index (χ4n) is 4.29. The maximum absolute atomic E-state index is 13.3. The van der Waals surface area contributed by atoms with Crippen molar-refractivity contribution in [3.8, 4) is 0 Å². The van der Waals surface area contributed by atoms with Crippen molar-refractivity contribution >= 4 is 38.9 Å². The molecule has 0 saturated carbocycles. The molecule has 2 atom stereocenters. The largest absolute Gasteiger partial charge is 0.326 e. The van der Waals surface area contributed by atoms with Gasteiger partial charge in [-0.1, -0.05) is 18.2 Å². The molecule has 1 saturated heterocycles. The average Bonchev–Trinajstić information content (AvgIpc) is 2.75. The summed E-state index contributed by atoms with van der Waals surface area (Å²) in [6.45, 7) is 15.0. The van der Waals surface area contributed by atoms with Gasteiger partial charge in [0.1, 0.15) is 0 Å². The molecule has 0 aliphatic carbocycles. The molecular formula is C24H29N5O4S. The first kappa shape index (κ1) is 25.4. The number of nitrogens with zero attached hydrogens (tertiary/aromatic N) is 3. The van der Waals surface area contributed by atoms with Gasteiger partial charge in [-0.2, -0.15) is 4.31 Å². The molecule has 10 heteroatoms. The van der Waals surface area contributed by atoms with Gasteiger partial charge in [-0.3, -0.25) is 14.5 Å². The van der Waals surface area contributed by atoms with E-state index in [0.717, 1.165) is 5.56 Å². The lowest BCUT2D eigenvalue weighted by molar-refractivity contribution is -0.118. The van der Waals surface area contributed by atoms with Crippen LogP contribution in [-0.2, 0) is 19.6 Å². The Morgan fingerprint density at radius 3 is 2.38 bits per heavy atom. The summed E-state index contributed by atoms with van der Waals surface area (Å²) < 4.78 is 28.0. The van der Waals surface area contributed by atoms with E-state index in [1.54, 1.807) is 24.3 Å². The number of piperazine rings is 1. The molecule has 2 aromatic rings. The Hall–Kier alpha value is -3.26. The number of sulfonamides is 1. The van der Waals surface area contributed by atoms with Crippen LogP contribution in [0.1, 0.15) is 26.3 Å². The highest BCUT2D eigenvalue weighted by molar-refractivity contribution is 7.89. The Kier molecular flexibility index (Phi) is 7.71. The number of benzene rings is 2. The summed E-state index contributed by atoms with van der Waals surface area (Å²) in [5, 5.41) is 5.59. The lowest BCUT2D eigenvalue weighted by Gasteiger charge is -2.43. The number of anilines is 2. The van der Waals surface area contributed by atoms with Crippen molar-refractivity contribution in [2.75, 3.05) is 30.3 Å². The summed E-state index contributed by atoms with van der Waals surface area (Å²) in [7, 11) is -3.79. The van der Waals surface area contributed by atoms with Crippen molar-refractivity contribution in [1.82, 2.24) is 9.21 Å². The van der Waals surface area contributed by atoms with E-state index in [2.05, 4.69) is 15.5 Å². The van der Waals surface area contributed by atoms with Crippen molar-refractivity contribution in [3.05, 3.63) is 59.4 Å². The van der Waals surface area contributed by atoms with Crippen molar-refractivity contribution < 1.29 is 18.0 Å². The molecule has 2 amide bonds. The molecule has 3 rings (SSSR count). The van der Waals surface area contributed by atoms with Gasteiger partial charge in [-0.05, 0) is 50.6 Å². The first-order valence-electron chi connectivity index (χ1n) is 10.9. The minimum absolute atomic E-state index is 0.0976. The molecular weight excluding hydrogens is 454 g/mol. The van der Waals surface area contributed by atoms with Crippen LogP contribution in [0.2, 0.25) is 0 Å². The normalized spacial score (nSPS) is 19.3. The third-order valence-corrected chi connectivity index (χ3v) is 7.76. The maximum atomic E-state index is 13.3. The van der Waals surface area contributed by atoms with Gasteiger partial charge in [0.15, 0.2) is 5.69 Å². The highest BCUT2D eigenvalue weighted by Gasteiger charge is 2.38. The first-order chi connectivity index (χ1) is 16.0. The third-order valence-electron chi connectivity index (χ3n) is 5.64. The van der Waals surface area contributed by atoms with Crippen LogP contribution in [0.15, 0.2) is 47.4 Å². The van der Waals surface area contributed by atoms with Gasteiger partial charge >= 0.3 is 0 Å². The molecule has 2 N–H and O–H groups in total. The summed E-state index contributed by atoms with van der Waals surface area (Å²) >= 11 is 0. The van der Waals surface area contributed by atoms with Gasteiger partial charge in [0.2, 0.25) is 21.8 Å². The molecule has 2 aromatic carbocycles. The molecule has 0 spiro atoms. The number of aryl methyl sites for hydroxylation is 1. The summed E-state index contributed by atoms with van der Waals surface area (Å²) in [5.41, 5.74) is 2.34. The van der Waals surface area contributed by atoms with Gasteiger partial charge in [0.25, 0.3) is 0 Å². The minimum Gasteiger partial charge on any atom is -0.326 e. The van der Waals surface area contributed by atoms with Crippen molar-refractivity contribution in [2.24, 2.45) is 0 Å². The zero-order valence-electron chi connectivity index (χ0n) is 19.7. The Bertz CT molecular complexity index is 1230. The topological polar surface area (TPSA) is 103 Å². The van der Waals surface area contributed by atoms with E-state index in [0.29, 0.717) is 24.5 Å². The molecule has 1 heterocycles. The van der Waals surface area contributed by atoms with E-state index < -0.39 is 10.0 Å². The van der Waals surface area contributed by atoms with E-state index >= 15 is 0 Å². The third kappa shape index (κ3) is 5.80. The second kappa shape index (κ2) is 10.3. The highest BCUT2D eigenvalue weighted by Crippen LogP contribution is 2.28. The van der Waals surface area contributed by atoms with Gasteiger partial charge in [0.05, 0.1) is 18.0 Å². The molecule has 0 aromatic heterocycles. The monoisotopic (exact) mass is 483 g/mol. The average molecular weight is 484 g/mol. The summed E-state index contributed by atoms with van der Waals surface area (Å²) in [6, 6.07) is 10.6. The Labute approximate surface area is 200 Å². The van der Waals surface area contributed by atoms with E-state index in [1.807, 2.05) is 31.7 Å². The predicted molar refractivity (Wildman–Crippen MR) is 131 cm³/mol. The van der Waals surface area contributed by atoms with Gasteiger partial charge in [-0.25, -0.2) is 13.3 Å². The zero-order valence-corrected chi connectivity index (χ0v) is 20.5. The van der Waals surface area contributed by atoms with Crippen molar-refractivity contribution in [2.45, 2.75) is 44.7 Å². The Morgan fingerprint density at radius 2 is 1.76 bits per heavy atom. The number of hydrogen-bond acceptors (Lipinski definition) is 5. The molecule has 1 aliphatic heterocycles. The molecule has 0 bridgehead atoms. The van der Waals surface area contributed by atoms with Crippen LogP contribution >= 0.6 is 0 Å². The molecule has 1 fully saturated rings. The van der Waals surface area contributed by atoms with E-state index in [4.69, 9.17) is 6.57 Å². The molecule has 180 valence electrons. The van der Waals surface area contributed by atoms with Crippen LogP contribution in [0.4, 0.5) is 17.1 Å². The number of hydrogen-bond donors (Lipinski definition) is 2. The predicted octanol–water partition coefficient (Wildman–Crippen LogP) is 3.23. The standard InChI is InChI=1S/C24H29N5O4S/c1-16-9-10-21(26-19(4)30)12-23(16)27-24(31)15-28-13-17(2)29(18(3)14-28)34(32,33)22-8-6-7-20(11-22)25-5/h6-12,17-18H,13-15H2,1-4H3,(H,26,30)(H,27,31). The summed E-state index contributed by atoms with van der Waals surface area (Å²) in [4.78, 5) is 29.4. The lowest BCUT2D eigenvalue weighted by Crippen LogP contribution is -2.59. The fourth-order valence-corrected chi connectivity index (χ4v) is 6.13. The molecule has 34 heavy (non-hydrogen) atoms. The molecule has 0 radical (unpaired) electrons. The van der Waals surface area contributed by atoms with Crippen LogP contribution in [-0.4, -0.2) is 61.2 Å². The van der Waals surface area contributed by atoms with Crippen LogP contribution in [0.5, 0.6) is 0 Å². The second-order valence-corrected chi connectivity index (χ2v) is 10.4. The van der Waals surface area contributed by atoms with Crippen molar-refractivity contribution in [1.29, 1.82) is 0 Å². The number of carbonyl (C=O) groups excluding carboxylic acids is 2. The zero-order chi connectivity index (χ0) is 25.0. The second-order valence-electron chi connectivity index (χ2n) is 8.60. The van der Waals surface area contributed by atoms with E-state index in [9.17, 15) is 18.0 Å². The number of amides is 2.